The average molecular weight is 99.4 g/mol. The maximum Gasteiger partial charge on any atom is 0.316 e. The molecular weight excluding hydrogens is 91.3 g/mol. The molecule has 0 spiro atoms. The van der Waals surface area contributed by atoms with Crippen LogP contribution in [0.25, 0.3) is 0 Å². The summed E-state index contributed by atoms with van der Waals surface area (Å²) in [5, 5.41) is 0. The Morgan fingerprint density at radius 1 is 1.67 bits per heavy atom. The summed E-state index contributed by atoms with van der Waals surface area (Å²) in [7, 11) is 0. The first kappa shape index (κ1) is 9.66. The lowest BCUT2D eigenvalue weighted by molar-refractivity contribution is 0.717. The lowest BCUT2D eigenvalue weighted by Gasteiger charge is -1.62. The fraction of sp³-hybridized carbons (Fsp3) is 0.250. The molecule has 0 amide bonds. The van der Waals surface area contributed by atoms with Crippen LogP contribution in [0.3, 0.4) is 0 Å². The van der Waals surface area contributed by atoms with Crippen molar-refractivity contribution in [1.82, 2.24) is 0 Å². The van der Waals surface area contributed by atoms with Crippen LogP contribution in [0, 0.1) is 6.92 Å². The first-order chi connectivity index (χ1) is 2.41. The van der Waals surface area contributed by atoms with Crippen molar-refractivity contribution >= 4 is 23.1 Å². The first-order valence-corrected chi connectivity index (χ1v) is 1.46. The zero-order valence-corrected chi connectivity index (χ0v) is 2.95. The Hall–Kier alpha value is 0.436. The van der Waals surface area contributed by atoms with Crippen molar-refractivity contribution in [3.8, 4) is 0 Å². The molecule has 0 aliphatic carbocycles. The molecule has 0 fully saturated rings. The second-order valence-electron chi connectivity index (χ2n) is 0.650. The zero-order valence-electron chi connectivity index (χ0n) is 2.95. The predicted octanol–water partition coefficient (Wildman–Crippen LogP) is 0.778. The number of allylic oxidation sites excluding steroid dienone is 1. The van der Waals surface area contributed by atoms with Gasteiger partial charge in [0, 0.05) is 0 Å². The van der Waals surface area contributed by atoms with Gasteiger partial charge in [0.15, 0.2) is 0 Å². The summed E-state index contributed by atoms with van der Waals surface area (Å²) in [6, 6.07) is 0. The Bertz CT molecular complexity index is 34.5. The van der Waals surface area contributed by atoms with E-state index in [-0.39, 0.29) is 23.1 Å². The Morgan fingerprint density at radius 3 is 2.17 bits per heavy atom. The van der Waals surface area contributed by atoms with E-state index in [0.717, 1.165) is 0 Å². The van der Waals surface area contributed by atoms with Gasteiger partial charge in [0.25, 0.3) is 0 Å². The van der Waals surface area contributed by atoms with Gasteiger partial charge < -0.3 is 0 Å². The summed E-state index contributed by atoms with van der Waals surface area (Å²) in [6.45, 7) is 3.35. The zero-order chi connectivity index (χ0) is 4.12. The molecule has 0 saturated heterocycles. The molecule has 0 N–H and O–H groups in total. The van der Waals surface area contributed by atoms with Gasteiger partial charge in [-0.05, 0) is 13.3 Å². The van der Waals surface area contributed by atoms with E-state index < -0.39 is 0 Å². The van der Waals surface area contributed by atoms with Crippen molar-refractivity contribution in [2.45, 2.75) is 6.42 Å². The highest BCUT2D eigenvalue weighted by Crippen LogP contribution is 1.75. The maximum atomic E-state index is 10.8. The highest BCUT2D eigenvalue weighted by Gasteiger charge is 1.55. The number of hydrogen-bond donors (Lipinski definition) is 0. The molecule has 0 unspecified atom stereocenters. The minimum Gasteiger partial charge on any atom is -0.216 e. The van der Waals surface area contributed by atoms with E-state index in [2.05, 4.69) is 6.92 Å². The van der Waals surface area contributed by atoms with E-state index >= 15 is 0 Å². The van der Waals surface area contributed by atoms with Gasteiger partial charge in [-0.1, -0.05) is 6.08 Å². The Kier molecular flexibility index (Phi) is 14.6. The van der Waals surface area contributed by atoms with Gasteiger partial charge in [-0.25, -0.2) is 4.39 Å². The third-order valence-electron chi connectivity index (χ3n) is 0.256. The van der Waals surface area contributed by atoms with Gasteiger partial charge in [-0.3, -0.25) is 0 Å². The van der Waals surface area contributed by atoms with Crippen molar-refractivity contribution in [3.63, 3.8) is 0 Å². The molecule has 0 nitrogen and oxygen atoms in total. The Morgan fingerprint density at radius 2 is 2.17 bits per heavy atom. The van der Waals surface area contributed by atoms with Crippen LogP contribution in [0.1, 0.15) is 6.42 Å². The molecule has 0 aromatic carbocycles. The molecule has 0 aliphatic rings. The van der Waals surface area contributed by atoms with E-state index in [1.807, 2.05) is 0 Å². The van der Waals surface area contributed by atoms with Gasteiger partial charge in [-0.2, -0.15) is 0 Å². The third kappa shape index (κ3) is 8.83. The monoisotopic (exact) mass is 99.0 g/mol. The summed E-state index contributed by atoms with van der Waals surface area (Å²) in [6.07, 6.45) is 2.38. The molecule has 33 valence electrons. The maximum absolute atomic E-state index is 10.8. The van der Waals surface area contributed by atoms with Gasteiger partial charge in [0.2, 0.25) is 0 Å². The van der Waals surface area contributed by atoms with Crippen LogP contribution in [-0.4, -0.2) is 23.1 Å². The second kappa shape index (κ2) is 9.06. The van der Waals surface area contributed by atoms with E-state index in [9.17, 15) is 4.39 Å². The van der Waals surface area contributed by atoms with Crippen LogP contribution < -0.4 is 0 Å². The van der Waals surface area contributed by atoms with Crippen molar-refractivity contribution in [1.29, 1.82) is 0 Å². The molecule has 2 heteroatoms. The molecule has 0 atom stereocenters. The lowest BCUT2D eigenvalue weighted by Crippen LogP contribution is -1.43. The molecule has 0 aromatic rings. The van der Waals surface area contributed by atoms with Crippen LogP contribution >= 0.6 is 0 Å². The first-order valence-electron chi connectivity index (χ1n) is 1.46. The minimum absolute atomic E-state index is 0. The largest absolute Gasteiger partial charge is 0.316 e. The summed E-state index contributed by atoms with van der Waals surface area (Å²) < 4.78 is 10.8. The summed E-state index contributed by atoms with van der Waals surface area (Å²) >= 11 is 0. The third-order valence-corrected chi connectivity index (χ3v) is 0.256. The summed E-state index contributed by atoms with van der Waals surface area (Å²) in [5.74, 6) is 0. The molecule has 0 heterocycles. The SMILES string of the molecule is [CH2]CC=CF.[MgH2]. The van der Waals surface area contributed by atoms with Gasteiger partial charge in [-0.15, -0.1) is 0 Å². The standard InChI is InChI=1S/C4H6F.Mg.2H/c1-2-3-4-5;;;/h3-4H,1-2H2;;;. The summed E-state index contributed by atoms with van der Waals surface area (Å²) in [4.78, 5) is 0. The minimum atomic E-state index is 0. The molecule has 6 heavy (non-hydrogen) atoms. The topological polar surface area (TPSA) is 0 Å². The van der Waals surface area contributed by atoms with E-state index in [1.165, 1.54) is 6.08 Å². The van der Waals surface area contributed by atoms with Crippen LogP contribution in [0.15, 0.2) is 12.4 Å². The Balaban J connectivity index is 0. The average Bonchev–Trinajstić information content (AvgIpc) is 1.41. The van der Waals surface area contributed by atoms with Crippen molar-refractivity contribution in [2.24, 2.45) is 0 Å². The number of halogens is 1. The molecule has 0 bridgehead atoms. The van der Waals surface area contributed by atoms with Crippen molar-refractivity contribution < 1.29 is 4.39 Å². The Labute approximate surface area is 53.6 Å². The fourth-order valence-electron chi connectivity index (χ4n) is 0.0630. The van der Waals surface area contributed by atoms with Crippen LogP contribution in [-0.2, 0) is 0 Å². The van der Waals surface area contributed by atoms with Gasteiger partial charge >= 0.3 is 23.1 Å². The van der Waals surface area contributed by atoms with Crippen molar-refractivity contribution in [3.05, 3.63) is 19.3 Å². The van der Waals surface area contributed by atoms with Crippen molar-refractivity contribution in [2.75, 3.05) is 0 Å². The highest BCUT2D eigenvalue weighted by molar-refractivity contribution is 5.75. The molecular formula is C4H8FMg. The van der Waals surface area contributed by atoms with Crippen LogP contribution in [0.5, 0.6) is 0 Å². The normalized spacial score (nSPS) is 8.33. The smallest absolute Gasteiger partial charge is 0.216 e. The quantitative estimate of drug-likeness (QED) is 0.426. The van der Waals surface area contributed by atoms with E-state index in [4.69, 9.17) is 0 Å². The van der Waals surface area contributed by atoms with E-state index in [1.54, 1.807) is 0 Å². The molecule has 0 saturated carbocycles. The fourth-order valence-corrected chi connectivity index (χ4v) is 0.0630. The van der Waals surface area contributed by atoms with Gasteiger partial charge in [0.1, 0.15) is 0 Å². The lowest BCUT2D eigenvalue weighted by atomic mass is 10.5. The van der Waals surface area contributed by atoms with Crippen LogP contribution in [0.4, 0.5) is 4.39 Å². The molecule has 0 aromatic heterocycles. The molecule has 1 radical (unpaired) electrons. The molecule has 0 rings (SSSR count). The summed E-state index contributed by atoms with van der Waals surface area (Å²) in [5.41, 5.74) is 0. The van der Waals surface area contributed by atoms with Crippen LogP contribution in [0.2, 0.25) is 0 Å². The predicted molar refractivity (Wildman–Crippen MR) is 28.8 cm³/mol. The number of rotatable bonds is 1. The van der Waals surface area contributed by atoms with E-state index in [0.29, 0.717) is 12.8 Å². The number of hydrogen-bond acceptors (Lipinski definition) is 0. The highest BCUT2D eigenvalue weighted by atomic mass is 24.3. The molecule has 0 aliphatic heterocycles. The van der Waals surface area contributed by atoms with Gasteiger partial charge in [0.05, 0.1) is 6.33 Å². The second-order valence-corrected chi connectivity index (χ2v) is 0.650.